The Morgan fingerprint density at radius 3 is 3.00 bits per heavy atom. The first kappa shape index (κ1) is 12.1. The van der Waals surface area contributed by atoms with E-state index in [0.717, 1.165) is 31.5 Å². The molecule has 1 fully saturated rings. The van der Waals surface area contributed by atoms with Gasteiger partial charge in [0, 0.05) is 19.3 Å². The predicted octanol–water partition coefficient (Wildman–Crippen LogP) is 2.43. The molecule has 2 unspecified atom stereocenters. The van der Waals surface area contributed by atoms with Crippen LogP contribution >= 0.6 is 0 Å². The zero-order valence-corrected chi connectivity index (χ0v) is 10.6. The second-order valence-electron chi connectivity index (χ2n) is 5.14. The minimum absolute atomic E-state index is 0.515. The summed E-state index contributed by atoms with van der Waals surface area (Å²) in [5, 5.41) is 8.82. The number of likely N-dealkylation sites (tertiary alicyclic amines) is 1. The van der Waals surface area contributed by atoms with Crippen LogP contribution in [0.15, 0.2) is 18.3 Å². The summed E-state index contributed by atoms with van der Waals surface area (Å²) in [4.78, 5) is 6.47. The molecule has 2 rings (SSSR count). The molecule has 0 bridgehead atoms. The van der Waals surface area contributed by atoms with Crippen LogP contribution in [0.3, 0.4) is 0 Å². The molecular formula is C14H19N3. The number of hydrogen-bond acceptors (Lipinski definition) is 3. The molecule has 0 spiro atoms. The fraction of sp³-hybridized carbons (Fsp3) is 0.571. The lowest BCUT2D eigenvalue weighted by molar-refractivity contribution is 0.132. The first-order valence-electron chi connectivity index (χ1n) is 6.26. The Kier molecular flexibility index (Phi) is 3.75. The van der Waals surface area contributed by atoms with Gasteiger partial charge in [0.05, 0.1) is 0 Å². The summed E-state index contributed by atoms with van der Waals surface area (Å²) in [6.45, 7) is 7.92. The minimum atomic E-state index is 0.515. The smallest absolute Gasteiger partial charge is 0.140 e. The van der Waals surface area contributed by atoms with Crippen LogP contribution in [0.2, 0.25) is 0 Å². The molecule has 0 N–H and O–H groups in total. The molecule has 1 saturated heterocycles. The molecule has 2 heterocycles. The van der Waals surface area contributed by atoms with Crippen molar-refractivity contribution in [3.63, 3.8) is 0 Å². The van der Waals surface area contributed by atoms with E-state index in [9.17, 15) is 0 Å². The predicted molar refractivity (Wildman–Crippen MR) is 67.2 cm³/mol. The molecule has 1 aliphatic heterocycles. The molecule has 1 aliphatic rings. The van der Waals surface area contributed by atoms with Crippen molar-refractivity contribution >= 4 is 0 Å². The molecule has 0 aromatic carbocycles. The summed E-state index contributed by atoms with van der Waals surface area (Å²) in [6.07, 6.45) is 3.00. The molecule has 1 aromatic heterocycles. The van der Waals surface area contributed by atoms with E-state index in [0.29, 0.717) is 5.69 Å². The topological polar surface area (TPSA) is 39.9 Å². The lowest BCUT2D eigenvalue weighted by Gasteiger charge is -2.35. The lowest BCUT2D eigenvalue weighted by Crippen LogP contribution is -2.37. The van der Waals surface area contributed by atoms with Crippen LogP contribution in [0.5, 0.6) is 0 Å². The van der Waals surface area contributed by atoms with Crippen LogP contribution in [0.25, 0.3) is 0 Å². The highest BCUT2D eigenvalue weighted by molar-refractivity contribution is 5.25. The van der Waals surface area contributed by atoms with Gasteiger partial charge in [-0.05, 0) is 42.5 Å². The Hall–Kier alpha value is -1.40. The second-order valence-corrected chi connectivity index (χ2v) is 5.14. The zero-order valence-electron chi connectivity index (χ0n) is 10.6. The van der Waals surface area contributed by atoms with E-state index in [1.165, 1.54) is 12.0 Å². The van der Waals surface area contributed by atoms with E-state index < -0.39 is 0 Å². The quantitative estimate of drug-likeness (QED) is 0.782. The highest BCUT2D eigenvalue weighted by Gasteiger charge is 2.22. The van der Waals surface area contributed by atoms with Crippen molar-refractivity contribution in [3.05, 3.63) is 29.6 Å². The van der Waals surface area contributed by atoms with E-state index in [-0.39, 0.29) is 0 Å². The number of nitriles is 1. The van der Waals surface area contributed by atoms with Crippen molar-refractivity contribution in [2.24, 2.45) is 11.8 Å². The van der Waals surface area contributed by atoms with Crippen molar-refractivity contribution in [1.29, 1.82) is 5.26 Å². The van der Waals surface area contributed by atoms with Gasteiger partial charge in [0.15, 0.2) is 0 Å². The second kappa shape index (κ2) is 5.29. The van der Waals surface area contributed by atoms with E-state index >= 15 is 0 Å². The van der Waals surface area contributed by atoms with E-state index in [4.69, 9.17) is 5.26 Å². The highest BCUT2D eigenvalue weighted by Crippen LogP contribution is 2.23. The normalized spacial score (nSPS) is 25.5. The Labute approximate surface area is 103 Å². The van der Waals surface area contributed by atoms with Gasteiger partial charge in [-0.1, -0.05) is 13.8 Å². The Morgan fingerprint density at radius 2 is 2.29 bits per heavy atom. The standard InChI is InChI=1S/C14H19N3/c1-11-4-6-17(9-12(11)2)10-13-3-5-16-14(7-13)8-15/h3,5,7,11-12H,4,6,9-10H2,1-2H3. The van der Waals surface area contributed by atoms with Gasteiger partial charge >= 0.3 is 0 Å². The van der Waals surface area contributed by atoms with Gasteiger partial charge in [0.2, 0.25) is 0 Å². The van der Waals surface area contributed by atoms with Gasteiger partial charge in [-0.2, -0.15) is 5.26 Å². The van der Waals surface area contributed by atoms with Crippen LogP contribution in [0.1, 0.15) is 31.5 Å². The van der Waals surface area contributed by atoms with Gasteiger partial charge in [-0.3, -0.25) is 4.90 Å². The van der Waals surface area contributed by atoms with E-state index in [2.05, 4.69) is 29.8 Å². The molecule has 2 atom stereocenters. The third-order valence-corrected chi connectivity index (χ3v) is 3.76. The zero-order chi connectivity index (χ0) is 12.3. The maximum Gasteiger partial charge on any atom is 0.140 e. The summed E-state index contributed by atoms with van der Waals surface area (Å²) in [5.41, 5.74) is 1.71. The van der Waals surface area contributed by atoms with Crippen LogP contribution in [-0.4, -0.2) is 23.0 Å². The monoisotopic (exact) mass is 229 g/mol. The summed E-state index contributed by atoms with van der Waals surface area (Å²) < 4.78 is 0. The first-order chi connectivity index (χ1) is 8.19. The minimum Gasteiger partial charge on any atom is -0.299 e. The fourth-order valence-corrected chi connectivity index (χ4v) is 2.38. The van der Waals surface area contributed by atoms with Crippen molar-refractivity contribution in [3.8, 4) is 6.07 Å². The summed E-state index contributed by atoms with van der Waals surface area (Å²) in [7, 11) is 0. The molecule has 3 nitrogen and oxygen atoms in total. The van der Waals surface area contributed by atoms with Crippen LogP contribution in [0, 0.1) is 23.2 Å². The SMILES string of the molecule is CC1CCN(Cc2ccnc(C#N)c2)CC1C. The van der Waals surface area contributed by atoms with E-state index in [1.807, 2.05) is 12.1 Å². The van der Waals surface area contributed by atoms with Gasteiger partial charge in [0.25, 0.3) is 0 Å². The van der Waals surface area contributed by atoms with Crippen molar-refractivity contribution < 1.29 is 0 Å². The first-order valence-corrected chi connectivity index (χ1v) is 6.26. The molecule has 0 saturated carbocycles. The summed E-state index contributed by atoms with van der Waals surface area (Å²) >= 11 is 0. The molecule has 90 valence electrons. The van der Waals surface area contributed by atoms with E-state index in [1.54, 1.807) is 6.20 Å². The number of hydrogen-bond donors (Lipinski definition) is 0. The lowest BCUT2D eigenvalue weighted by atomic mass is 9.88. The summed E-state index contributed by atoms with van der Waals surface area (Å²) in [6, 6.07) is 5.99. The molecule has 0 amide bonds. The molecule has 17 heavy (non-hydrogen) atoms. The highest BCUT2D eigenvalue weighted by atomic mass is 15.1. The fourth-order valence-electron chi connectivity index (χ4n) is 2.38. The van der Waals surface area contributed by atoms with Crippen LogP contribution < -0.4 is 0 Å². The Morgan fingerprint density at radius 1 is 1.47 bits per heavy atom. The number of nitrogens with zero attached hydrogens (tertiary/aromatic N) is 3. The Bertz CT molecular complexity index is 422. The van der Waals surface area contributed by atoms with Crippen LogP contribution in [0.4, 0.5) is 0 Å². The maximum absolute atomic E-state index is 8.82. The number of rotatable bonds is 2. The van der Waals surface area contributed by atoms with Gasteiger partial charge in [-0.25, -0.2) is 4.98 Å². The average molecular weight is 229 g/mol. The van der Waals surface area contributed by atoms with Crippen molar-refractivity contribution in [2.45, 2.75) is 26.8 Å². The largest absolute Gasteiger partial charge is 0.299 e. The van der Waals surface area contributed by atoms with Crippen molar-refractivity contribution in [1.82, 2.24) is 9.88 Å². The third-order valence-electron chi connectivity index (χ3n) is 3.76. The maximum atomic E-state index is 8.82. The van der Waals surface area contributed by atoms with Crippen LogP contribution in [-0.2, 0) is 6.54 Å². The van der Waals surface area contributed by atoms with Crippen molar-refractivity contribution in [2.75, 3.05) is 13.1 Å². The number of pyridine rings is 1. The molecule has 1 aromatic rings. The summed E-state index contributed by atoms with van der Waals surface area (Å²) in [5.74, 6) is 1.60. The third kappa shape index (κ3) is 3.04. The van der Waals surface area contributed by atoms with Gasteiger partial charge < -0.3 is 0 Å². The number of piperidine rings is 1. The van der Waals surface area contributed by atoms with Gasteiger partial charge in [0.1, 0.15) is 11.8 Å². The molecule has 3 heteroatoms. The Balaban J connectivity index is 1.99. The molecule has 0 radical (unpaired) electrons. The molecular weight excluding hydrogens is 210 g/mol. The van der Waals surface area contributed by atoms with Gasteiger partial charge in [-0.15, -0.1) is 0 Å². The molecule has 0 aliphatic carbocycles. The average Bonchev–Trinajstić information content (AvgIpc) is 2.34. The number of aromatic nitrogens is 1.